The van der Waals surface area contributed by atoms with E-state index in [2.05, 4.69) is 199 Å². The second-order valence-corrected chi connectivity index (χ2v) is 13.4. The van der Waals surface area contributed by atoms with Crippen LogP contribution in [0.15, 0.2) is 205 Å². The normalized spacial score (nSPS) is 11.5. The molecular formula is C50H33NO. The van der Waals surface area contributed by atoms with Gasteiger partial charge in [0.15, 0.2) is 0 Å². The Labute approximate surface area is 302 Å². The first-order chi connectivity index (χ1) is 25.7. The quantitative estimate of drug-likeness (QED) is 0.176. The van der Waals surface area contributed by atoms with E-state index in [0.717, 1.165) is 44.6 Å². The second kappa shape index (κ2) is 12.5. The Morgan fingerprint density at radius 2 is 0.788 bits per heavy atom. The van der Waals surface area contributed by atoms with Gasteiger partial charge >= 0.3 is 0 Å². The maximum Gasteiger partial charge on any atom is 0.137 e. The smallest absolute Gasteiger partial charge is 0.137 e. The Morgan fingerprint density at radius 3 is 1.38 bits per heavy atom. The largest absolute Gasteiger partial charge is 0.456 e. The van der Waals surface area contributed by atoms with Crippen molar-refractivity contribution in [2.24, 2.45) is 0 Å². The molecule has 0 saturated carbocycles. The molecule has 0 unspecified atom stereocenters. The molecule has 0 N–H and O–H groups in total. The van der Waals surface area contributed by atoms with Crippen LogP contribution in [-0.2, 0) is 0 Å². The van der Waals surface area contributed by atoms with E-state index in [0.29, 0.717) is 0 Å². The SMILES string of the molecule is c1ccc(-c2ccc3c(c2)oc2cccc(N(c4ccc(-c5ccc6ccccc6c5)cc4)c4ccc(-c5ccc6ccccc6c5)cc4)c23)cc1. The zero-order chi connectivity index (χ0) is 34.4. The highest BCUT2D eigenvalue weighted by molar-refractivity contribution is 6.14. The molecule has 2 nitrogen and oxygen atoms in total. The summed E-state index contributed by atoms with van der Waals surface area (Å²) >= 11 is 0. The van der Waals surface area contributed by atoms with Crippen LogP contribution in [0.4, 0.5) is 17.1 Å². The van der Waals surface area contributed by atoms with Gasteiger partial charge in [-0.1, -0.05) is 140 Å². The molecule has 52 heavy (non-hydrogen) atoms. The maximum atomic E-state index is 6.57. The van der Waals surface area contributed by atoms with Crippen molar-refractivity contribution < 1.29 is 4.42 Å². The summed E-state index contributed by atoms with van der Waals surface area (Å²) in [6, 6.07) is 71.7. The van der Waals surface area contributed by atoms with E-state index in [4.69, 9.17) is 4.42 Å². The molecule has 9 aromatic carbocycles. The van der Waals surface area contributed by atoms with E-state index in [9.17, 15) is 0 Å². The van der Waals surface area contributed by atoms with Crippen LogP contribution >= 0.6 is 0 Å². The Morgan fingerprint density at radius 1 is 0.308 bits per heavy atom. The van der Waals surface area contributed by atoms with Gasteiger partial charge in [-0.05, 0) is 116 Å². The third-order valence-corrected chi connectivity index (χ3v) is 10.2. The molecule has 10 aromatic rings. The van der Waals surface area contributed by atoms with Gasteiger partial charge in [0.2, 0.25) is 0 Å². The number of hydrogen-bond acceptors (Lipinski definition) is 2. The molecule has 10 rings (SSSR count). The predicted molar refractivity (Wildman–Crippen MR) is 220 cm³/mol. The monoisotopic (exact) mass is 663 g/mol. The third-order valence-electron chi connectivity index (χ3n) is 10.2. The topological polar surface area (TPSA) is 16.4 Å². The summed E-state index contributed by atoms with van der Waals surface area (Å²) < 4.78 is 6.57. The van der Waals surface area contributed by atoms with E-state index < -0.39 is 0 Å². The summed E-state index contributed by atoms with van der Waals surface area (Å²) in [4.78, 5) is 2.36. The lowest BCUT2D eigenvalue weighted by Crippen LogP contribution is -2.10. The highest BCUT2D eigenvalue weighted by Crippen LogP contribution is 2.44. The van der Waals surface area contributed by atoms with E-state index in [-0.39, 0.29) is 0 Å². The van der Waals surface area contributed by atoms with Gasteiger partial charge in [-0.25, -0.2) is 0 Å². The molecule has 2 heteroatoms. The standard InChI is InChI=1S/C50H33NO/c1-2-9-34(10-3-1)43-25-30-46-49(33-43)52-48-16-8-15-47(50(46)48)51(44-26-21-37(22-27-44)41-19-17-35-11-4-6-13-39(35)31-41)45-28-23-38(24-29-45)42-20-18-36-12-5-7-14-40(36)32-42/h1-33H. The fraction of sp³-hybridized carbons (Fsp3) is 0. The molecule has 0 fully saturated rings. The summed E-state index contributed by atoms with van der Waals surface area (Å²) in [7, 11) is 0. The van der Waals surface area contributed by atoms with Gasteiger partial charge in [0, 0.05) is 16.8 Å². The second-order valence-electron chi connectivity index (χ2n) is 13.4. The number of fused-ring (bicyclic) bond motifs is 5. The van der Waals surface area contributed by atoms with Gasteiger partial charge in [0.25, 0.3) is 0 Å². The number of benzene rings is 9. The maximum absolute atomic E-state index is 6.57. The van der Waals surface area contributed by atoms with E-state index in [1.165, 1.54) is 49.4 Å². The molecule has 0 radical (unpaired) electrons. The molecule has 0 aliphatic carbocycles. The van der Waals surface area contributed by atoms with Crippen LogP contribution in [0, 0.1) is 0 Å². The van der Waals surface area contributed by atoms with Crippen molar-refractivity contribution >= 4 is 60.5 Å². The lowest BCUT2D eigenvalue weighted by molar-refractivity contribution is 0.669. The van der Waals surface area contributed by atoms with Gasteiger partial charge in [-0.2, -0.15) is 0 Å². The van der Waals surface area contributed by atoms with Crippen molar-refractivity contribution in [1.29, 1.82) is 0 Å². The fourth-order valence-electron chi connectivity index (χ4n) is 7.57. The van der Waals surface area contributed by atoms with Crippen molar-refractivity contribution in [2.75, 3.05) is 4.90 Å². The Bertz CT molecular complexity index is 2760. The van der Waals surface area contributed by atoms with Gasteiger partial charge in [-0.15, -0.1) is 0 Å². The van der Waals surface area contributed by atoms with Crippen molar-refractivity contribution in [3.8, 4) is 33.4 Å². The van der Waals surface area contributed by atoms with Crippen LogP contribution in [0.3, 0.4) is 0 Å². The molecule has 0 saturated heterocycles. The lowest BCUT2D eigenvalue weighted by atomic mass is 9.99. The van der Waals surface area contributed by atoms with E-state index >= 15 is 0 Å². The number of anilines is 3. The average molecular weight is 664 g/mol. The molecule has 244 valence electrons. The zero-order valence-electron chi connectivity index (χ0n) is 28.4. The van der Waals surface area contributed by atoms with Gasteiger partial charge in [0.1, 0.15) is 11.2 Å². The predicted octanol–water partition coefficient (Wildman–Crippen LogP) is 14.4. The first-order valence-electron chi connectivity index (χ1n) is 17.7. The van der Waals surface area contributed by atoms with Crippen LogP contribution in [0.5, 0.6) is 0 Å². The zero-order valence-corrected chi connectivity index (χ0v) is 28.4. The van der Waals surface area contributed by atoms with Crippen LogP contribution in [0.2, 0.25) is 0 Å². The molecule has 0 aliphatic heterocycles. The Kier molecular flexibility index (Phi) is 7.18. The highest BCUT2D eigenvalue weighted by atomic mass is 16.3. The van der Waals surface area contributed by atoms with Crippen molar-refractivity contribution in [1.82, 2.24) is 0 Å². The molecular weight excluding hydrogens is 631 g/mol. The van der Waals surface area contributed by atoms with E-state index in [1.54, 1.807) is 0 Å². The van der Waals surface area contributed by atoms with Crippen LogP contribution in [0.1, 0.15) is 0 Å². The van der Waals surface area contributed by atoms with Crippen molar-refractivity contribution in [3.63, 3.8) is 0 Å². The number of rotatable bonds is 6. The molecule has 0 bridgehead atoms. The summed E-state index contributed by atoms with van der Waals surface area (Å²) in [6.45, 7) is 0. The molecule has 1 heterocycles. The fourth-order valence-corrected chi connectivity index (χ4v) is 7.57. The van der Waals surface area contributed by atoms with Crippen LogP contribution in [0.25, 0.3) is 76.9 Å². The molecule has 0 amide bonds. The average Bonchev–Trinajstić information content (AvgIpc) is 3.60. The van der Waals surface area contributed by atoms with Crippen molar-refractivity contribution in [3.05, 3.63) is 200 Å². The number of hydrogen-bond donors (Lipinski definition) is 0. The molecule has 1 aromatic heterocycles. The number of nitrogens with zero attached hydrogens (tertiary/aromatic N) is 1. The first kappa shape index (κ1) is 30.0. The van der Waals surface area contributed by atoms with Crippen molar-refractivity contribution in [2.45, 2.75) is 0 Å². The Balaban J connectivity index is 1.10. The van der Waals surface area contributed by atoms with E-state index in [1.807, 2.05) is 6.07 Å². The minimum Gasteiger partial charge on any atom is -0.456 e. The first-order valence-corrected chi connectivity index (χ1v) is 17.7. The summed E-state index contributed by atoms with van der Waals surface area (Å²) in [5.74, 6) is 0. The lowest BCUT2D eigenvalue weighted by Gasteiger charge is -2.26. The third kappa shape index (κ3) is 5.30. The minimum atomic E-state index is 0.864. The summed E-state index contributed by atoms with van der Waals surface area (Å²) in [6.07, 6.45) is 0. The summed E-state index contributed by atoms with van der Waals surface area (Å²) in [5.41, 5.74) is 12.0. The highest BCUT2D eigenvalue weighted by Gasteiger charge is 2.20. The van der Waals surface area contributed by atoms with Gasteiger partial charge in [-0.3, -0.25) is 0 Å². The summed E-state index contributed by atoms with van der Waals surface area (Å²) in [5, 5.41) is 7.16. The Hall–Kier alpha value is -6.90. The minimum absolute atomic E-state index is 0.864. The van der Waals surface area contributed by atoms with Crippen LogP contribution in [-0.4, -0.2) is 0 Å². The molecule has 0 atom stereocenters. The van der Waals surface area contributed by atoms with Gasteiger partial charge in [0.05, 0.1) is 11.1 Å². The van der Waals surface area contributed by atoms with Gasteiger partial charge < -0.3 is 9.32 Å². The molecule has 0 aliphatic rings. The number of furan rings is 1. The molecule has 0 spiro atoms. The van der Waals surface area contributed by atoms with Crippen LogP contribution < -0.4 is 4.90 Å².